The molecule has 112 valence electrons. The zero-order chi connectivity index (χ0) is 14.9. The lowest BCUT2D eigenvalue weighted by Crippen LogP contribution is -2.11. The molecule has 3 aromatic rings. The van der Waals surface area contributed by atoms with Crippen LogP contribution >= 0.6 is 11.3 Å². The molecule has 3 nitrogen and oxygen atoms in total. The Hall–Kier alpha value is -1.94. The van der Waals surface area contributed by atoms with Crippen LogP contribution in [0.5, 0.6) is 0 Å². The molecule has 2 aromatic heterocycles. The van der Waals surface area contributed by atoms with Gasteiger partial charge in [-0.05, 0) is 36.8 Å². The molecule has 0 bridgehead atoms. The summed E-state index contributed by atoms with van der Waals surface area (Å²) < 4.78 is 0. The summed E-state index contributed by atoms with van der Waals surface area (Å²) in [5.74, 6) is 1.00. The van der Waals surface area contributed by atoms with Crippen molar-refractivity contribution in [2.24, 2.45) is 0 Å². The minimum absolute atomic E-state index is 0.288. The highest BCUT2D eigenvalue weighted by Crippen LogP contribution is 2.39. The van der Waals surface area contributed by atoms with E-state index in [0.29, 0.717) is 0 Å². The second-order valence-corrected chi connectivity index (χ2v) is 6.86. The molecule has 0 saturated heterocycles. The quantitative estimate of drug-likeness (QED) is 0.756. The van der Waals surface area contributed by atoms with Crippen molar-refractivity contribution in [3.8, 4) is 0 Å². The van der Waals surface area contributed by atoms with Crippen molar-refractivity contribution in [2.45, 2.75) is 38.6 Å². The predicted molar refractivity (Wildman–Crippen MR) is 92.5 cm³/mol. The molecule has 1 N–H and O–H groups in total. The monoisotopic (exact) mass is 309 g/mol. The second kappa shape index (κ2) is 5.69. The number of nitrogens with zero attached hydrogens (tertiary/aromatic N) is 2. The molecule has 1 aromatic carbocycles. The van der Waals surface area contributed by atoms with Crippen LogP contribution in [-0.4, -0.2) is 9.97 Å². The van der Waals surface area contributed by atoms with Crippen LogP contribution < -0.4 is 5.32 Å². The van der Waals surface area contributed by atoms with Gasteiger partial charge >= 0.3 is 0 Å². The summed E-state index contributed by atoms with van der Waals surface area (Å²) in [5.41, 5.74) is 2.79. The van der Waals surface area contributed by atoms with Crippen LogP contribution in [0.1, 0.15) is 41.8 Å². The van der Waals surface area contributed by atoms with Gasteiger partial charge in [0.05, 0.1) is 11.4 Å². The van der Waals surface area contributed by atoms with Gasteiger partial charge in [0.15, 0.2) is 0 Å². The summed E-state index contributed by atoms with van der Waals surface area (Å²) in [4.78, 5) is 11.7. The number of nitrogens with one attached hydrogen (secondary N) is 1. The average molecular weight is 309 g/mol. The molecule has 1 atom stereocenters. The van der Waals surface area contributed by atoms with E-state index in [2.05, 4.69) is 52.5 Å². The zero-order valence-electron chi connectivity index (χ0n) is 12.7. The van der Waals surface area contributed by atoms with E-state index in [1.54, 1.807) is 6.33 Å². The largest absolute Gasteiger partial charge is 0.363 e. The Balaban J connectivity index is 1.75. The maximum absolute atomic E-state index is 4.55. The molecule has 0 spiro atoms. The van der Waals surface area contributed by atoms with Crippen molar-refractivity contribution >= 4 is 27.4 Å². The number of anilines is 1. The average Bonchev–Trinajstić information content (AvgIpc) is 3.14. The molecule has 0 unspecified atom stereocenters. The van der Waals surface area contributed by atoms with Gasteiger partial charge in [0.2, 0.25) is 0 Å². The Bertz CT molecular complexity index is 795. The molecule has 2 heterocycles. The number of hydrogen-bond donors (Lipinski definition) is 1. The van der Waals surface area contributed by atoms with E-state index in [0.717, 1.165) is 17.1 Å². The lowest BCUT2D eigenvalue weighted by molar-refractivity contribution is 0.745. The number of fused-ring (bicyclic) bond motifs is 3. The lowest BCUT2D eigenvalue weighted by atomic mass is 10.0. The number of rotatable bonds is 4. The van der Waals surface area contributed by atoms with Crippen LogP contribution in [0.2, 0.25) is 0 Å². The van der Waals surface area contributed by atoms with E-state index < -0.39 is 0 Å². The Morgan fingerprint density at radius 1 is 1.18 bits per heavy atom. The predicted octanol–water partition coefficient (Wildman–Crippen LogP) is 4.74. The first-order chi connectivity index (χ1) is 10.9. The van der Waals surface area contributed by atoms with Gasteiger partial charge in [-0.2, -0.15) is 0 Å². The van der Waals surface area contributed by atoms with Gasteiger partial charge in [-0.1, -0.05) is 37.3 Å². The minimum Gasteiger partial charge on any atom is -0.363 e. The van der Waals surface area contributed by atoms with E-state index in [1.807, 2.05) is 11.3 Å². The van der Waals surface area contributed by atoms with E-state index in [4.69, 9.17) is 0 Å². The normalized spacial score (nSPS) is 15.0. The fourth-order valence-corrected chi connectivity index (χ4v) is 4.54. The molecule has 4 heteroatoms. The summed E-state index contributed by atoms with van der Waals surface area (Å²) in [6.45, 7) is 2.21. The van der Waals surface area contributed by atoms with Gasteiger partial charge in [0, 0.05) is 4.88 Å². The number of hydrogen-bond acceptors (Lipinski definition) is 4. The number of benzene rings is 1. The van der Waals surface area contributed by atoms with Crippen LogP contribution in [-0.2, 0) is 12.8 Å². The van der Waals surface area contributed by atoms with Crippen molar-refractivity contribution in [3.63, 3.8) is 0 Å². The van der Waals surface area contributed by atoms with E-state index >= 15 is 0 Å². The minimum atomic E-state index is 0.288. The number of thiophene rings is 1. The van der Waals surface area contributed by atoms with Gasteiger partial charge in [0.25, 0.3) is 0 Å². The number of aromatic nitrogens is 2. The summed E-state index contributed by atoms with van der Waals surface area (Å²) >= 11 is 1.84. The van der Waals surface area contributed by atoms with Crippen LogP contribution in [0, 0.1) is 0 Å². The first-order valence-electron chi connectivity index (χ1n) is 7.93. The molecule has 4 rings (SSSR count). The highest BCUT2D eigenvalue weighted by Gasteiger charge is 2.22. The van der Waals surface area contributed by atoms with Crippen molar-refractivity contribution < 1.29 is 0 Å². The van der Waals surface area contributed by atoms with Gasteiger partial charge in [0.1, 0.15) is 17.0 Å². The van der Waals surface area contributed by atoms with Crippen molar-refractivity contribution in [2.75, 3.05) is 5.32 Å². The highest BCUT2D eigenvalue weighted by molar-refractivity contribution is 7.19. The molecule has 0 fully saturated rings. The van der Waals surface area contributed by atoms with E-state index in [-0.39, 0.29) is 6.04 Å². The second-order valence-electron chi connectivity index (χ2n) is 5.78. The lowest BCUT2D eigenvalue weighted by Gasteiger charge is -2.18. The van der Waals surface area contributed by atoms with Gasteiger partial charge in [-0.3, -0.25) is 0 Å². The summed E-state index contributed by atoms with van der Waals surface area (Å²) in [7, 11) is 0. The topological polar surface area (TPSA) is 37.8 Å². The molecular weight excluding hydrogens is 290 g/mol. The van der Waals surface area contributed by atoms with E-state index in [1.165, 1.54) is 40.7 Å². The van der Waals surface area contributed by atoms with Gasteiger partial charge in [-0.25, -0.2) is 9.97 Å². The molecule has 0 amide bonds. The summed E-state index contributed by atoms with van der Waals surface area (Å²) in [6.07, 6.45) is 6.35. The maximum atomic E-state index is 4.55. The Morgan fingerprint density at radius 3 is 2.86 bits per heavy atom. The first-order valence-corrected chi connectivity index (χ1v) is 8.75. The standard InChI is InChI=1S/C18H19N3S/c1-2-14(12-7-4-3-5-8-12)21-17-16-13-9-6-10-15(13)22-18(16)20-11-19-17/h3-5,7-8,11,14H,2,6,9-10H2,1H3,(H,19,20,21)/t14-/m1/s1. The molecule has 1 aliphatic carbocycles. The van der Waals surface area contributed by atoms with Crippen molar-refractivity contribution in [3.05, 3.63) is 52.7 Å². The SMILES string of the molecule is CC[C@@H](Nc1ncnc2sc3c(c12)CCC3)c1ccccc1. The fraction of sp³-hybridized carbons (Fsp3) is 0.333. The molecule has 22 heavy (non-hydrogen) atoms. The fourth-order valence-electron chi connectivity index (χ4n) is 3.31. The Kier molecular flexibility index (Phi) is 3.54. The summed E-state index contributed by atoms with van der Waals surface area (Å²) in [5, 5.41) is 4.92. The number of aryl methyl sites for hydroxylation is 2. The van der Waals surface area contributed by atoms with Crippen LogP contribution in [0.4, 0.5) is 5.82 Å². The van der Waals surface area contributed by atoms with E-state index in [9.17, 15) is 0 Å². The third kappa shape index (κ3) is 2.28. The molecular formula is C18H19N3S. The van der Waals surface area contributed by atoms with Gasteiger partial charge < -0.3 is 5.32 Å². The Labute approximate surface area is 134 Å². The van der Waals surface area contributed by atoms with Crippen LogP contribution in [0.15, 0.2) is 36.7 Å². The van der Waals surface area contributed by atoms with Crippen molar-refractivity contribution in [1.82, 2.24) is 9.97 Å². The third-order valence-corrected chi connectivity index (χ3v) is 5.62. The smallest absolute Gasteiger partial charge is 0.138 e. The molecule has 0 saturated carbocycles. The Morgan fingerprint density at radius 2 is 2.05 bits per heavy atom. The first kappa shape index (κ1) is 13.7. The molecule has 0 aliphatic heterocycles. The summed E-state index contributed by atoms with van der Waals surface area (Å²) in [6, 6.07) is 10.9. The van der Waals surface area contributed by atoms with Gasteiger partial charge in [-0.15, -0.1) is 11.3 Å². The molecule has 0 radical (unpaired) electrons. The maximum Gasteiger partial charge on any atom is 0.138 e. The van der Waals surface area contributed by atoms with Crippen LogP contribution in [0.25, 0.3) is 10.2 Å². The van der Waals surface area contributed by atoms with Crippen molar-refractivity contribution in [1.29, 1.82) is 0 Å². The zero-order valence-corrected chi connectivity index (χ0v) is 13.5. The highest BCUT2D eigenvalue weighted by atomic mass is 32.1. The van der Waals surface area contributed by atoms with Crippen LogP contribution in [0.3, 0.4) is 0 Å². The third-order valence-electron chi connectivity index (χ3n) is 4.42. The molecule has 1 aliphatic rings.